The van der Waals surface area contributed by atoms with Crippen molar-refractivity contribution in [1.82, 2.24) is 10.3 Å². The highest BCUT2D eigenvalue weighted by Gasteiger charge is 2.33. The molecule has 2 heterocycles. The minimum Gasteiger partial charge on any atom is -0.486 e. The Kier molecular flexibility index (Phi) is 12.7. The van der Waals surface area contributed by atoms with Crippen LogP contribution in [0.4, 0.5) is 0 Å². The molecule has 1 aliphatic heterocycles. The van der Waals surface area contributed by atoms with Gasteiger partial charge in [-0.25, -0.2) is 5.01 Å². The first-order valence-corrected chi connectivity index (χ1v) is 11.1. The minimum absolute atomic E-state index is 0.201. The highest BCUT2D eigenvalue weighted by Crippen LogP contribution is 2.34. The number of methoxy groups -OCH3 is 1. The molecule has 1 aliphatic rings. The molecule has 0 unspecified atom stereocenters. The monoisotopic (exact) mass is 457 g/mol. The number of carbonyl (C=O) groups excluding carboxylic acids is 2. The van der Waals surface area contributed by atoms with Crippen molar-refractivity contribution in [3.63, 3.8) is 0 Å². The van der Waals surface area contributed by atoms with Crippen LogP contribution in [0.25, 0.3) is 5.76 Å². The fourth-order valence-electron chi connectivity index (χ4n) is 2.77. The van der Waals surface area contributed by atoms with Crippen molar-refractivity contribution in [2.75, 3.05) is 13.7 Å². The Bertz CT molecular complexity index is 919. The number of furan rings is 1. The Morgan fingerprint density at radius 3 is 2.45 bits per heavy atom. The van der Waals surface area contributed by atoms with Crippen molar-refractivity contribution in [1.29, 1.82) is 0 Å². The SMILES string of the molecule is C/C=N\N1Cc2occc2C(OCc2ccccc2)=C1C(=O)NCC(=O)OC.CC.CCC. The van der Waals surface area contributed by atoms with Gasteiger partial charge in [0.1, 0.15) is 25.5 Å². The predicted octanol–water partition coefficient (Wildman–Crippen LogP) is 4.72. The van der Waals surface area contributed by atoms with Crippen LogP contribution < -0.4 is 5.32 Å². The van der Waals surface area contributed by atoms with Gasteiger partial charge in [0.15, 0.2) is 11.5 Å². The van der Waals surface area contributed by atoms with Crippen LogP contribution >= 0.6 is 0 Å². The molecular weight excluding hydrogens is 422 g/mol. The summed E-state index contributed by atoms with van der Waals surface area (Å²) in [6.45, 7) is 10.3. The average molecular weight is 458 g/mol. The summed E-state index contributed by atoms with van der Waals surface area (Å²) in [6, 6.07) is 11.3. The third-order valence-corrected chi connectivity index (χ3v) is 4.07. The Labute approximate surface area is 196 Å². The first kappa shape index (κ1) is 27.5. The summed E-state index contributed by atoms with van der Waals surface area (Å²) in [4.78, 5) is 24.3. The van der Waals surface area contributed by atoms with Crippen molar-refractivity contribution in [2.45, 2.75) is 54.2 Å². The van der Waals surface area contributed by atoms with Crippen molar-refractivity contribution < 1.29 is 23.5 Å². The zero-order valence-corrected chi connectivity index (χ0v) is 20.4. The van der Waals surface area contributed by atoms with Gasteiger partial charge in [0, 0.05) is 6.21 Å². The largest absolute Gasteiger partial charge is 0.486 e. The lowest BCUT2D eigenvalue weighted by atomic mass is 10.1. The Morgan fingerprint density at radius 1 is 1.18 bits per heavy atom. The summed E-state index contributed by atoms with van der Waals surface area (Å²) in [7, 11) is 1.26. The number of amides is 1. The van der Waals surface area contributed by atoms with Gasteiger partial charge in [0.25, 0.3) is 5.91 Å². The number of nitrogens with zero attached hydrogens (tertiary/aromatic N) is 2. The molecule has 0 fully saturated rings. The standard InChI is InChI=1S/C20H21N3O5.C3H8.C2H6/c1-3-22-23-12-16-15(9-10-27-16)19(28-13-14-7-5-4-6-8-14)18(23)20(25)21-11-17(24)26-2;1-3-2;1-2/h3-10H,11-13H2,1-2H3,(H,21,25);3H2,1-2H3;1-2H3/b22-3-;;. The maximum absolute atomic E-state index is 12.9. The van der Waals surface area contributed by atoms with E-state index in [2.05, 4.69) is 29.0 Å². The number of hydrogen-bond acceptors (Lipinski definition) is 7. The summed E-state index contributed by atoms with van der Waals surface area (Å²) in [5, 5.41) is 8.28. The van der Waals surface area contributed by atoms with Crippen molar-refractivity contribution >= 4 is 23.9 Å². The van der Waals surface area contributed by atoms with E-state index in [0.717, 1.165) is 5.56 Å². The molecule has 1 aromatic heterocycles. The quantitative estimate of drug-likeness (QED) is 0.478. The van der Waals surface area contributed by atoms with Crippen LogP contribution in [0, 0.1) is 0 Å². The summed E-state index contributed by atoms with van der Waals surface area (Å²) >= 11 is 0. The number of fused-ring (bicyclic) bond motifs is 1. The molecule has 0 atom stereocenters. The van der Waals surface area contributed by atoms with Gasteiger partial charge in [0.05, 0.1) is 18.9 Å². The van der Waals surface area contributed by atoms with Crippen LogP contribution in [-0.4, -0.2) is 36.8 Å². The highest BCUT2D eigenvalue weighted by atomic mass is 16.5. The third-order valence-electron chi connectivity index (χ3n) is 4.07. The number of ether oxygens (including phenoxy) is 2. The van der Waals surface area contributed by atoms with E-state index in [1.807, 2.05) is 44.2 Å². The molecule has 3 rings (SSSR count). The number of hydrazone groups is 1. The lowest BCUT2D eigenvalue weighted by molar-refractivity contribution is -0.140. The van der Waals surface area contributed by atoms with Crippen molar-refractivity contribution in [3.8, 4) is 0 Å². The van der Waals surface area contributed by atoms with E-state index < -0.39 is 11.9 Å². The first-order valence-electron chi connectivity index (χ1n) is 11.1. The molecule has 180 valence electrons. The molecule has 1 aromatic carbocycles. The van der Waals surface area contributed by atoms with E-state index in [1.54, 1.807) is 25.5 Å². The second kappa shape index (κ2) is 15.3. The van der Waals surface area contributed by atoms with Crippen LogP contribution in [0.1, 0.15) is 57.9 Å². The molecule has 0 aliphatic carbocycles. The number of esters is 1. The summed E-state index contributed by atoms with van der Waals surface area (Å²) in [6.07, 6.45) is 4.36. The van der Waals surface area contributed by atoms with Gasteiger partial charge < -0.3 is 19.2 Å². The summed E-state index contributed by atoms with van der Waals surface area (Å²) in [5.74, 6) is -0.0676. The van der Waals surface area contributed by atoms with Crippen LogP contribution in [0.15, 0.2) is 57.9 Å². The third kappa shape index (κ3) is 8.14. The maximum atomic E-state index is 12.9. The Balaban J connectivity index is 0.00000101. The Hall–Kier alpha value is -3.55. The normalized spacial score (nSPS) is 12.1. The van der Waals surface area contributed by atoms with Gasteiger partial charge >= 0.3 is 5.97 Å². The second-order valence-corrected chi connectivity index (χ2v) is 6.61. The molecule has 1 amide bonds. The molecule has 0 saturated heterocycles. The predicted molar refractivity (Wildman–Crippen MR) is 129 cm³/mol. The fraction of sp³-hybridized carbons (Fsp3) is 0.400. The maximum Gasteiger partial charge on any atom is 0.325 e. The van der Waals surface area contributed by atoms with Gasteiger partial charge in [-0.05, 0) is 18.6 Å². The van der Waals surface area contributed by atoms with E-state index >= 15 is 0 Å². The molecule has 0 radical (unpaired) electrons. The number of nitrogens with one attached hydrogen (secondary N) is 1. The smallest absolute Gasteiger partial charge is 0.325 e. The van der Waals surface area contributed by atoms with Crippen LogP contribution in [-0.2, 0) is 32.2 Å². The number of carbonyl (C=O) groups is 2. The summed E-state index contributed by atoms with van der Waals surface area (Å²) in [5.41, 5.74) is 1.83. The number of rotatable bonds is 7. The first-order chi connectivity index (χ1) is 16.0. The highest BCUT2D eigenvalue weighted by molar-refractivity contribution is 6.01. The Morgan fingerprint density at radius 2 is 1.85 bits per heavy atom. The van der Waals surface area contributed by atoms with E-state index in [-0.39, 0.29) is 25.4 Å². The molecule has 8 heteroatoms. The molecule has 1 N–H and O–H groups in total. The number of benzene rings is 1. The van der Waals surface area contributed by atoms with Gasteiger partial charge in [0.2, 0.25) is 0 Å². The molecule has 0 bridgehead atoms. The fourth-order valence-corrected chi connectivity index (χ4v) is 2.77. The molecular formula is C25H35N3O5. The number of hydrogen-bond donors (Lipinski definition) is 1. The van der Waals surface area contributed by atoms with E-state index in [4.69, 9.17) is 9.15 Å². The zero-order chi connectivity index (χ0) is 24.6. The van der Waals surface area contributed by atoms with Crippen molar-refractivity contribution in [3.05, 3.63) is 65.2 Å². The second-order valence-electron chi connectivity index (χ2n) is 6.61. The van der Waals surface area contributed by atoms with E-state index in [0.29, 0.717) is 17.1 Å². The molecule has 0 spiro atoms. The van der Waals surface area contributed by atoms with Gasteiger partial charge in [-0.15, -0.1) is 0 Å². The zero-order valence-electron chi connectivity index (χ0n) is 20.4. The lowest BCUT2D eigenvalue weighted by Gasteiger charge is -2.28. The van der Waals surface area contributed by atoms with E-state index in [1.165, 1.54) is 18.5 Å². The molecule has 8 nitrogen and oxygen atoms in total. The molecule has 0 saturated carbocycles. The van der Waals surface area contributed by atoms with Crippen LogP contribution in [0.5, 0.6) is 0 Å². The molecule has 2 aromatic rings. The van der Waals surface area contributed by atoms with Gasteiger partial charge in [-0.2, -0.15) is 5.10 Å². The average Bonchev–Trinajstić information content (AvgIpc) is 3.31. The van der Waals surface area contributed by atoms with Crippen molar-refractivity contribution in [2.24, 2.45) is 5.10 Å². The van der Waals surface area contributed by atoms with Gasteiger partial charge in [-0.1, -0.05) is 64.4 Å². The molecule has 33 heavy (non-hydrogen) atoms. The van der Waals surface area contributed by atoms with Crippen LogP contribution in [0.2, 0.25) is 0 Å². The summed E-state index contributed by atoms with van der Waals surface area (Å²) < 4.78 is 16.1. The van der Waals surface area contributed by atoms with E-state index in [9.17, 15) is 9.59 Å². The lowest BCUT2D eigenvalue weighted by Crippen LogP contribution is -2.38. The minimum atomic E-state index is -0.550. The van der Waals surface area contributed by atoms with Gasteiger partial charge in [-0.3, -0.25) is 9.59 Å². The topological polar surface area (TPSA) is 93.4 Å². The van der Waals surface area contributed by atoms with Crippen LogP contribution in [0.3, 0.4) is 0 Å².